The number of halogens is 3. The Kier molecular flexibility index (Phi) is 5.67. The molecule has 1 saturated carbocycles. The summed E-state index contributed by atoms with van der Waals surface area (Å²) in [7, 11) is 0. The Bertz CT molecular complexity index is 1410. The zero-order valence-electron chi connectivity index (χ0n) is 19.4. The van der Waals surface area contributed by atoms with Crippen molar-refractivity contribution in [2.75, 3.05) is 36.4 Å². The van der Waals surface area contributed by atoms with E-state index >= 15 is 0 Å². The maximum atomic E-state index is 13.1. The fraction of sp³-hybridized carbons (Fsp3) is 0.308. The Morgan fingerprint density at radius 1 is 1.00 bits per heavy atom. The van der Waals surface area contributed by atoms with Gasteiger partial charge in [0.25, 0.3) is 0 Å². The monoisotopic (exact) mass is 491 g/mol. The third-order valence-corrected chi connectivity index (χ3v) is 6.53. The third kappa shape index (κ3) is 4.56. The topological polar surface area (TPSA) is 78.9 Å². The van der Waals surface area contributed by atoms with Gasteiger partial charge in [-0.3, -0.25) is 4.98 Å². The minimum Gasteiger partial charge on any atom is -0.353 e. The van der Waals surface area contributed by atoms with Gasteiger partial charge in [-0.05, 0) is 54.7 Å². The highest BCUT2D eigenvalue weighted by molar-refractivity contribution is 5.94. The Morgan fingerprint density at radius 2 is 1.83 bits per heavy atom. The van der Waals surface area contributed by atoms with Crippen molar-refractivity contribution in [3.63, 3.8) is 0 Å². The molecular formula is C26H24F3N7. The third-order valence-electron chi connectivity index (χ3n) is 6.53. The molecular weight excluding hydrogens is 467 g/mol. The molecule has 0 unspecified atom stereocenters. The smallest absolute Gasteiger partial charge is 0.353 e. The van der Waals surface area contributed by atoms with Gasteiger partial charge in [0.05, 0.1) is 17.3 Å². The van der Waals surface area contributed by atoms with E-state index in [2.05, 4.69) is 25.5 Å². The molecule has 0 radical (unpaired) electrons. The Balaban J connectivity index is 1.39. The van der Waals surface area contributed by atoms with Crippen molar-refractivity contribution >= 4 is 28.2 Å². The molecule has 3 aromatic heterocycles. The molecule has 7 nitrogen and oxygen atoms in total. The first-order valence-corrected chi connectivity index (χ1v) is 12.0. The van der Waals surface area contributed by atoms with E-state index in [0.29, 0.717) is 23.2 Å². The lowest BCUT2D eigenvalue weighted by atomic mass is 10.1. The highest BCUT2D eigenvalue weighted by Crippen LogP contribution is 2.45. The number of aromatic nitrogens is 4. The van der Waals surface area contributed by atoms with Crippen LogP contribution in [0.15, 0.2) is 55.0 Å². The van der Waals surface area contributed by atoms with Crippen molar-refractivity contribution in [2.24, 2.45) is 0 Å². The number of alkyl halides is 3. The molecule has 184 valence electrons. The van der Waals surface area contributed by atoms with Gasteiger partial charge in [0.15, 0.2) is 5.82 Å². The van der Waals surface area contributed by atoms with E-state index in [1.807, 2.05) is 6.20 Å². The van der Waals surface area contributed by atoms with E-state index in [9.17, 15) is 13.2 Å². The molecule has 2 N–H and O–H groups in total. The molecule has 0 spiro atoms. The SMILES string of the molecule is FC(F)(F)c1cccc(Nc2cc(-c3nc(N4CCNCC4)c4c(C5CC5)cncc4n3)ccn2)c1. The predicted molar refractivity (Wildman–Crippen MR) is 132 cm³/mol. The van der Waals surface area contributed by atoms with Crippen molar-refractivity contribution in [1.82, 2.24) is 25.3 Å². The summed E-state index contributed by atoms with van der Waals surface area (Å²) < 4.78 is 39.4. The van der Waals surface area contributed by atoms with Crippen LogP contribution in [0, 0.1) is 0 Å². The molecule has 10 heteroatoms. The molecule has 1 saturated heterocycles. The summed E-state index contributed by atoms with van der Waals surface area (Å²) in [6.45, 7) is 3.45. The van der Waals surface area contributed by atoms with Gasteiger partial charge in [-0.1, -0.05) is 6.07 Å². The molecule has 0 amide bonds. The fourth-order valence-electron chi connectivity index (χ4n) is 4.59. The molecule has 1 aliphatic carbocycles. The molecule has 0 bridgehead atoms. The van der Waals surface area contributed by atoms with E-state index in [4.69, 9.17) is 9.97 Å². The predicted octanol–water partition coefficient (Wildman–Crippen LogP) is 5.14. The number of nitrogens with zero attached hydrogens (tertiary/aromatic N) is 5. The summed E-state index contributed by atoms with van der Waals surface area (Å²) in [5.41, 5.74) is 2.29. The summed E-state index contributed by atoms with van der Waals surface area (Å²) in [6.07, 6.45) is 3.21. The molecule has 0 atom stereocenters. The first-order chi connectivity index (χ1) is 17.5. The van der Waals surface area contributed by atoms with Crippen LogP contribution in [-0.2, 0) is 6.18 Å². The molecule has 1 aromatic carbocycles. The van der Waals surface area contributed by atoms with Crippen LogP contribution in [-0.4, -0.2) is 46.1 Å². The van der Waals surface area contributed by atoms with Crippen LogP contribution in [0.1, 0.15) is 29.9 Å². The van der Waals surface area contributed by atoms with Crippen LogP contribution < -0.4 is 15.5 Å². The summed E-state index contributed by atoms with van der Waals surface area (Å²) in [5.74, 6) is 2.34. The number of benzene rings is 1. The van der Waals surface area contributed by atoms with Crippen LogP contribution in [0.2, 0.25) is 0 Å². The van der Waals surface area contributed by atoms with Crippen molar-refractivity contribution in [3.05, 3.63) is 66.1 Å². The molecule has 4 heterocycles. The number of piperazine rings is 1. The number of hydrogen-bond acceptors (Lipinski definition) is 7. The number of pyridine rings is 2. The standard InChI is InChI=1S/C26H24F3N7/c27-26(28,29)18-2-1-3-19(13-18)33-22-12-17(6-7-32-22)24-34-21-15-31-14-20(16-4-5-16)23(21)25(35-24)36-10-8-30-9-11-36/h1-3,6-7,12-16,30H,4-5,8-11H2,(H,32,33). The first-order valence-electron chi connectivity index (χ1n) is 12.0. The summed E-state index contributed by atoms with van der Waals surface area (Å²) in [5, 5.41) is 7.43. The lowest BCUT2D eigenvalue weighted by molar-refractivity contribution is -0.137. The van der Waals surface area contributed by atoms with Crippen LogP contribution in [0.3, 0.4) is 0 Å². The number of hydrogen-bond donors (Lipinski definition) is 2. The van der Waals surface area contributed by atoms with Gasteiger partial charge < -0.3 is 15.5 Å². The zero-order chi connectivity index (χ0) is 24.7. The fourth-order valence-corrected chi connectivity index (χ4v) is 4.59. The average molecular weight is 492 g/mol. The van der Waals surface area contributed by atoms with Gasteiger partial charge in [-0.2, -0.15) is 13.2 Å². The van der Waals surface area contributed by atoms with Crippen LogP contribution in [0.4, 0.5) is 30.5 Å². The van der Waals surface area contributed by atoms with E-state index < -0.39 is 11.7 Å². The Labute approximate surface area is 205 Å². The molecule has 36 heavy (non-hydrogen) atoms. The maximum absolute atomic E-state index is 13.1. The van der Waals surface area contributed by atoms with Crippen LogP contribution in [0.5, 0.6) is 0 Å². The largest absolute Gasteiger partial charge is 0.416 e. The van der Waals surface area contributed by atoms with Gasteiger partial charge in [-0.15, -0.1) is 0 Å². The van der Waals surface area contributed by atoms with Crippen molar-refractivity contribution in [3.8, 4) is 11.4 Å². The van der Waals surface area contributed by atoms with E-state index in [1.54, 1.807) is 30.6 Å². The highest BCUT2D eigenvalue weighted by atomic mass is 19.4. The number of nitrogens with one attached hydrogen (secondary N) is 2. The van der Waals surface area contributed by atoms with Crippen molar-refractivity contribution in [2.45, 2.75) is 24.9 Å². The second-order valence-corrected chi connectivity index (χ2v) is 9.14. The molecule has 6 rings (SSSR count). The molecule has 2 fully saturated rings. The Hall–Kier alpha value is -3.79. The summed E-state index contributed by atoms with van der Waals surface area (Å²) in [4.78, 5) is 20.9. The number of anilines is 3. The normalized spacial score (nSPS) is 16.4. The van der Waals surface area contributed by atoms with Crippen molar-refractivity contribution in [1.29, 1.82) is 0 Å². The van der Waals surface area contributed by atoms with Gasteiger partial charge >= 0.3 is 6.18 Å². The average Bonchev–Trinajstić information content (AvgIpc) is 3.74. The summed E-state index contributed by atoms with van der Waals surface area (Å²) >= 11 is 0. The van der Waals surface area contributed by atoms with Crippen molar-refractivity contribution < 1.29 is 13.2 Å². The van der Waals surface area contributed by atoms with E-state index in [-0.39, 0.29) is 0 Å². The van der Waals surface area contributed by atoms with Crippen LogP contribution >= 0.6 is 0 Å². The molecule has 2 aliphatic rings. The van der Waals surface area contributed by atoms with Crippen LogP contribution in [0.25, 0.3) is 22.3 Å². The van der Waals surface area contributed by atoms with E-state index in [0.717, 1.165) is 73.4 Å². The summed E-state index contributed by atoms with van der Waals surface area (Å²) in [6, 6.07) is 8.60. The second kappa shape index (κ2) is 9.02. The molecule has 4 aromatic rings. The Morgan fingerprint density at radius 3 is 2.61 bits per heavy atom. The number of fused-ring (bicyclic) bond motifs is 1. The minimum absolute atomic E-state index is 0.300. The highest BCUT2D eigenvalue weighted by Gasteiger charge is 2.31. The maximum Gasteiger partial charge on any atom is 0.416 e. The zero-order valence-corrected chi connectivity index (χ0v) is 19.4. The lowest BCUT2D eigenvalue weighted by Gasteiger charge is -2.30. The first kappa shape index (κ1) is 22.7. The van der Waals surface area contributed by atoms with Gasteiger partial charge in [0.2, 0.25) is 0 Å². The minimum atomic E-state index is -4.42. The lowest BCUT2D eigenvalue weighted by Crippen LogP contribution is -2.44. The number of rotatable bonds is 5. The second-order valence-electron chi connectivity index (χ2n) is 9.14. The van der Waals surface area contributed by atoms with Gasteiger partial charge in [0, 0.05) is 55.2 Å². The van der Waals surface area contributed by atoms with E-state index in [1.165, 1.54) is 11.6 Å². The quantitative estimate of drug-likeness (QED) is 0.400. The van der Waals surface area contributed by atoms with Gasteiger partial charge in [0.1, 0.15) is 11.6 Å². The molecule has 1 aliphatic heterocycles. The van der Waals surface area contributed by atoms with Gasteiger partial charge in [-0.25, -0.2) is 15.0 Å².